The third-order valence-electron chi connectivity index (χ3n) is 3.65. The van der Waals surface area contributed by atoms with E-state index in [0.29, 0.717) is 5.92 Å². The summed E-state index contributed by atoms with van der Waals surface area (Å²) in [5.74, 6) is 6.17. The summed E-state index contributed by atoms with van der Waals surface area (Å²) in [5, 5.41) is 0. The van der Waals surface area contributed by atoms with E-state index in [1.807, 2.05) is 23.6 Å². The minimum absolute atomic E-state index is 0.180. The Morgan fingerprint density at radius 2 is 2.33 bits per heavy atom. The number of fused-ring (bicyclic) bond motifs is 1. The molecule has 0 saturated heterocycles. The molecule has 2 aromatic rings. The van der Waals surface area contributed by atoms with E-state index in [9.17, 15) is 0 Å². The van der Waals surface area contributed by atoms with Crippen LogP contribution < -0.4 is 11.3 Å². The van der Waals surface area contributed by atoms with Gasteiger partial charge in [-0.15, -0.1) is 11.3 Å². The predicted octanol–water partition coefficient (Wildman–Crippen LogP) is 2.69. The highest BCUT2D eigenvalue weighted by atomic mass is 32.1. The quantitative estimate of drug-likeness (QED) is 0.658. The summed E-state index contributed by atoms with van der Waals surface area (Å²) in [6.07, 6.45) is 4.11. The zero-order valence-electron chi connectivity index (χ0n) is 10.4. The lowest BCUT2D eigenvalue weighted by molar-refractivity contribution is 0.453. The van der Waals surface area contributed by atoms with Crippen molar-refractivity contribution in [1.82, 2.24) is 10.4 Å². The number of rotatable bonds is 3. The highest BCUT2D eigenvalue weighted by Crippen LogP contribution is 2.41. The topological polar surface area (TPSA) is 50.9 Å². The van der Waals surface area contributed by atoms with Crippen LogP contribution in [0.3, 0.4) is 0 Å². The molecule has 1 aliphatic rings. The largest absolute Gasteiger partial charge is 0.271 e. The van der Waals surface area contributed by atoms with Crippen LogP contribution in [0.25, 0.3) is 0 Å². The number of aryl methyl sites for hydroxylation is 2. The number of hydrazine groups is 1. The summed E-state index contributed by atoms with van der Waals surface area (Å²) in [5.41, 5.74) is 5.57. The van der Waals surface area contributed by atoms with Gasteiger partial charge in [-0.3, -0.25) is 16.3 Å². The van der Waals surface area contributed by atoms with Gasteiger partial charge in [0.1, 0.15) is 0 Å². The van der Waals surface area contributed by atoms with E-state index in [-0.39, 0.29) is 6.04 Å². The van der Waals surface area contributed by atoms with E-state index >= 15 is 0 Å². The second-order valence-electron chi connectivity index (χ2n) is 4.79. The minimum atomic E-state index is 0.180. The molecule has 0 spiro atoms. The van der Waals surface area contributed by atoms with E-state index in [1.54, 1.807) is 0 Å². The number of thiophene rings is 1. The van der Waals surface area contributed by atoms with Crippen LogP contribution >= 0.6 is 11.3 Å². The summed E-state index contributed by atoms with van der Waals surface area (Å²) in [6, 6.07) is 8.70. The molecule has 1 aliphatic carbocycles. The van der Waals surface area contributed by atoms with E-state index in [1.165, 1.54) is 21.0 Å². The molecule has 0 aliphatic heterocycles. The number of nitrogens with zero attached hydrogens (tertiary/aromatic N) is 1. The minimum Gasteiger partial charge on any atom is -0.271 e. The zero-order valence-corrected chi connectivity index (χ0v) is 11.2. The lowest BCUT2D eigenvalue weighted by Gasteiger charge is -2.21. The van der Waals surface area contributed by atoms with Crippen molar-refractivity contribution in [3.63, 3.8) is 0 Å². The second kappa shape index (κ2) is 4.80. The Morgan fingerprint density at radius 3 is 3.06 bits per heavy atom. The molecular weight excluding hydrogens is 242 g/mol. The van der Waals surface area contributed by atoms with Crippen LogP contribution in [0, 0.1) is 6.92 Å². The number of hydrogen-bond donors (Lipinski definition) is 2. The normalized spacial score (nSPS) is 19.8. The van der Waals surface area contributed by atoms with Gasteiger partial charge >= 0.3 is 0 Å². The molecular formula is C14H17N3S. The fourth-order valence-electron chi connectivity index (χ4n) is 2.79. The van der Waals surface area contributed by atoms with Crippen molar-refractivity contribution in [2.45, 2.75) is 31.7 Å². The van der Waals surface area contributed by atoms with Crippen molar-refractivity contribution in [3.8, 4) is 0 Å². The number of nitrogens with one attached hydrogen (secondary N) is 1. The zero-order chi connectivity index (χ0) is 12.5. The molecule has 2 heterocycles. The standard InChI is InChI=1S/C14H17N3S/c1-9-4-7-12(18-9)14(17-15)11-6-5-10-3-2-8-16-13(10)11/h2-4,7-8,11,14,17H,5-6,15H2,1H3. The molecule has 0 aromatic carbocycles. The van der Waals surface area contributed by atoms with Crippen molar-refractivity contribution < 1.29 is 0 Å². The highest BCUT2D eigenvalue weighted by molar-refractivity contribution is 7.12. The monoisotopic (exact) mass is 259 g/mol. The fourth-order valence-corrected chi connectivity index (χ4v) is 3.79. The van der Waals surface area contributed by atoms with Crippen LogP contribution in [-0.4, -0.2) is 4.98 Å². The van der Waals surface area contributed by atoms with Gasteiger partial charge in [-0.1, -0.05) is 6.07 Å². The Hall–Kier alpha value is -1.23. The van der Waals surface area contributed by atoms with Gasteiger partial charge < -0.3 is 0 Å². The van der Waals surface area contributed by atoms with Crippen molar-refractivity contribution >= 4 is 11.3 Å². The summed E-state index contributed by atoms with van der Waals surface area (Å²) < 4.78 is 0. The van der Waals surface area contributed by atoms with Crippen molar-refractivity contribution in [2.75, 3.05) is 0 Å². The van der Waals surface area contributed by atoms with Crippen LogP contribution in [0.4, 0.5) is 0 Å². The number of pyridine rings is 1. The average molecular weight is 259 g/mol. The summed E-state index contributed by atoms with van der Waals surface area (Å²) >= 11 is 1.81. The first kappa shape index (κ1) is 11.8. The van der Waals surface area contributed by atoms with Gasteiger partial charge in [-0.2, -0.15) is 0 Å². The molecule has 0 saturated carbocycles. The van der Waals surface area contributed by atoms with Gasteiger partial charge in [0.2, 0.25) is 0 Å². The summed E-state index contributed by atoms with van der Waals surface area (Å²) in [4.78, 5) is 7.18. The Labute approximate surface area is 111 Å². The van der Waals surface area contributed by atoms with E-state index in [0.717, 1.165) is 12.8 Å². The molecule has 2 atom stereocenters. The number of nitrogens with two attached hydrogens (primary N) is 1. The fraction of sp³-hybridized carbons (Fsp3) is 0.357. The maximum Gasteiger partial charge on any atom is 0.0637 e. The molecule has 3 N–H and O–H groups in total. The SMILES string of the molecule is Cc1ccc(C(NN)C2CCc3cccnc32)s1. The van der Waals surface area contributed by atoms with Crippen LogP contribution in [0.2, 0.25) is 0 Å². The average Bonchev–Trinajstić information content (AvgIpc) is 2.98. The van der Waals surface area contributed by atoms with Crippen molar-refractivity contribution in [1.29, 1.82) is 0 Å². The van der Waals surface area contributed by atoms with Crippen molar-refractivity contribution in [2.24, 2.45) is 5.84 Å². The second-order valence-corrected chi connectivity index (χ2v) is 6.11. The van der Waals surface area contributed by atoms with Gasteiger partial charge in [0, 0.05) is 27.6 Å². The number of hydrogen-bond acceptors (Lipinski definition) is 4. The van der Waals surface area contributed by atoms with E-state index in [2.05, 4.69) is 35.5 Å². The Bertz CT molecular complexity index is 549. The molecule has 3 nitrogen and oxygen atoms in total. The van der Waals surface area contributed by atoms with Gasteiger partial charge in [0.25, 0.3) is 0 Å². The van der Waals surface area contributed by atoms with E-state index < -0.39 is 0 Å². The van der Waals surface area contributed by atoms with Crippen LogP contribution in [0.5, 0.6) is 0 Å². The lowest BCUT2D eigenvalue weighted by atomic mass is 9.96. The Kier molecular flexibility index (Phi) is 3.16. The molecule has 0 bridgehead atoms. The van der Waals surface area contributed by atoms with Gasteiger partial charge in [-0.25, -0.2) is 0 Å². The maximum absolute atomic E-state index is 5.78. The first-order chi connectivity index (χ1) is 8.79. The molecule has 0 radical (unpaired) electrons. The highest BCUT2D eigenvalue weighted by Gasteiger charge is 2.31. The first-order valence-electron chi connectivity index (χ1n) is 6.26. The molecule has 94 valence electrons. The van der Waals surface area contributed by atoms with Gasteiger partial charge in [-0.05, 0) is 43.5 Å². The Morgan fingerprint density at radius 1 is 1.44 bits per heavy atom. The van der Waals surface area contributed by atoms with Crippen LogP contribution in [-0.2, 0) is 6.42 Å². The molecule has 2 unspecified atom stereocenters. The molecule has 2 aromatic heterocycles. The van der Waals surface area contributed by atoms with E-state index in [4.69, 9.17) is 5.84 Å². The smallest absolute Gasteiger partial charge is 0.0637 e. The van der Waals surface area contributed by atoms with Gasteiger partial charge in [0.05, 0.1) is 6.04 Å². The van der Waals surface area contributed by atoms with Gasteiger partial charge in [0.15, 0.2) is 0 Å². The molecule has 18 heavy (non-hydrogen) atoms. The molecule has 0 amide bonds. The summed E-state index contributed by atoms with van der Waals surface area (Å²) in [6.45, 7) is 2.13. The first-order valence-corrected chi connectivity index (χ1v) is 7.07. The van der Waals surface area contributed by atoms with Crippen molar-refractivity contribution in [3.05, 3.63) is 51.5 Å². The third kappa shape index (κ3) is 1.96. The molecule has 4 heteroatoms. The molecule has 3 rings (SSSR count). The maximum atomic E-state index is 5.78. The van der Waals surface area contributed by atoms with Crippen LogP contribution in [0.15, 0.2) is 30.5 Å². The summed E-state index contributed by atoms with van der Waals surface area (Å²) in [7, 11) is 0. The third-order valence-corrected chi connectivity index (χ3v) is 4.74. The lowest BCUT2D eigenvalue weighted by Crippen LogP contribution is -2.31. The molecule has 0 fully saturated rings. The predicted molar refractivity (Wildman–Crippen MR) is 74.4 cm³/mol. The Balaban J connectivity index is 1.95. The van der Waals surface area contributed by atoms with Crippen LogP contribution in [0.1, 0.15) is 39.4 Å². The number of aromatic nitrogens is 1.